The van der Waals surface area contributed by atoms with E-state index in [-0.39, 0.29) is 5.75 Å². The number of aryl methyl sites for hydroxylation is 2. The molecular weight excluding hydrogens is 206 g/mol. The van der Waals surface area contributed by atoms with Gasteiger partial charge in [0.2, 0.25) is 0 Å². The van der Waals surface area contributed by atoms with E-state index in [2.05, 4.69) is 9.72 Å². The summed E-state index contributed by atoms with van der Waals surface area (Å²) in [4.78, 5) is 14.8. The third kappa shape index (κ3) is 1.82. The largest absolute Gasteiger partial charge is 0.513 e. The first-order valence-corrected chi connectivity index (χ1v) is 4.84. The van der Waals surface area contributed by atoms with Crippen LogP contribution in [0.5, 0.6) is 5.75 Å². The standard InChI is InChI=1S/C12H11NO3/c1-7-3-6-10(16-12(14)15)9-5-4-8(2)13-11(7)9/h3-6H,1-2H3,(H,14,15)/p-1. The zero-order valence-corrected chi connectivity index (χ0v) is 8.98. The number of nitrogens with zero attached hydrogens (tertiary/aromatic N) is 1. The van der Waals surface area contributed by atoms with Crippen molar-refractivity contribution in [3.63, 3.8) is 0 Å². The van der Waals surface area contributed by atoms with Crippen LogP contribution in [0.25, 0.3) is 10.9 Å². The Morgan fingerprint density at radius 1 is 1.25 bits per heavy atom. The normalized spacial score (nSPS) is 10.4. The monoisotopic (exact) mass is 216 g/mol. The van der Waals surface area contributed by atoms with Crippen LogP contribution in [0.4, 0.5) is 4.79 Å². The van der Waals surface area contributed by atoms with Gasteiger partial charge in [-0.2, -0.15) is 0 Å². The molecule has 1 heterocycles. The van der Waals surface area contributed by atoms with E-state index >= 15 is 0 Å². The van der Waals surface area contributed by atoms with E-state index in [1.807, 2.05) is 19.9 Å². The highest BCUT2D eigenvalue weighted by atomic mass is 16.7. The van der Waals surface area contributed by atoms with E-state index in [1.165, 1.54) is 0 Å². The zero-order valence-electron chi connectivity index (χ0n) is 8.98. The van der Waals surface area contributed by atoms with Gasteiger partial charge in [0.15, 0.2) is 0 Å². The van der Waals surface area contributed by atoms with Crippen molar-refractivity contribution in [3.05, 3.63) is 35.5 Å². The summed E-state index contributed by atoms with van der Waals surface area (Å²) in [6.45, 7) is 3.79. The average Bonchev–Trinajstić information content (AvgIpc) is 2.22. The first-order chi connectivity index (χ1) is 7.58. The molecule has 0 aliphatic rings. The number of carboxylic acid groups (broad SMARTS) is 1. The average molecular weight is 216 g/mol. The molecule has 0 fully saturated rings. The third-order valence-electron chi connectivity index (χ3n) is 2.35. The molecule has 0 saturated carbocycles. The van der Waals surface area contributed by atoms with E-state index < -0.39 is 6.16 Å². The minimum atomic E-state index is -1.56. The molecule has 0 spiro atoms. The molecule has 0 unspecified atom stereocenters. The maximum Gasteiger partial charge on any atom is 0.257 e. The van der Waals surface area contributed by atoms with Crippen LogP contribution in [-0.4, -0.2) is 11.1 Å². The Labute approximate surface area is 92.5 Å². The van der Waals surface area contributed by atoms with Crippen molar-refractivity contribution < 1.29 is 14.6 Å². The van der Waals surface area contributed by atoms with Gasteiger partial charge in [-0.25, -0.2) is 0 Å². The number of fused-ring (bicyclic) bond motifs is 1. The van der Waals surface area contributed by atoms with Gasteiger partial charge >= 0.3 is 0 Å². The molecule has 0 amide bonds. The predicted octanol–water partition coefficient (Wildman–Crippen LogP) is 1.57. The lowest BCUT2D eigenvalue weighted by atomic mass is 10.1. The minimum Gasteiger partial charge on any atom is -0.513 e. The first-order valence-electron chi connectivity index (χ1n) is 4.84. The SMILES string of the molecule is Cc1ccc2c(OC(=O)[O-])ccc(C)c2n1. The molecule has 1 aromatic heterocycles. The molecule has 16 heavy (non-hydrogen) atoms. The number of hydrogen-bond donors (Lipinski definition) is 0. The summed E-state index contributed by atoms with van der Waals surface area (Å²) in [5, 5.41) is 11.1. The minimum absolute atomic E-state index is 0.258. The summed E-state index contributed by atoms with van der Waals surface area (Å²) in [5.74, 6) is 0.258. The van der Waals surface area contributed by atoms with Gasteiger partial charge in [-0.1, -0.05) is 6.07 Å². The molecule has 2 rings (SSSR count). The van der Waals surface area contributed by atoms with Gasteiger partial charge in [0.25, 0.3) is 6.16 Å². The molecule has 2 aromatic rings. The maximum atomic E-state index is 10.4. The Morgan fingerprint density at radius 3 is 2.69 bits per heavy atom. The summed E-state index contributed by atoms with van der Waals surface area (Å²) >= 11 is 0. The molecule has 1 aromatic carbocycles. The third-order valence-corrected chi connectivity index (χ3v) is 2.35. The van der Waals surface area contributed by atoms with Crippen molar-refractivity contribution in [2.75, 3.05) is 0 Å². The van der Waals surface area contributed by atoms with Crippen LogP contribution < -0.4 is 9.84 Å². The van der Waals surface area contributed by atoms with Gasteiger partial charge in [0.05, 0.1) is 11.3 Å². The fourth-order valence-corrected chi connectivity index (χ4v) is 1.60. The van der Waals surface area contributed by atoms with Crippen molar-refractivity contribution >= 4 is 17.1 Å². The molecule has 82 valence electrons. The number of rotatable bonds is 1. The van der Waals surface area contributed by atoms with Gasteiger partial charge in [-0.05, 0) is 37.6 Å². The highest BCUT2D eigenvalue weighted by Crippen LogP contribution is 2.27. The number of carbonyl (C=O) groups is 1. The Hall–Kier alpha value is -2.10. The fourth-order valence-electron chi connectivity index (χ4n) is 1.60. The molecule has 0 aliphatic carbocycles. The maximum absolute atomic E-state index is 10.4. The molecule has 0 radical (unpaired) electrons. The number of ether oxygens (including phenoxy) is 1. The zero-order chi connectivity index (χ0) is 11.7. The van der Waals surface area contributed by atoms with Gasteiger partial charge < -0.3 is 14.6 Å². The van der Waals surface area contributed by atoms with E-state index in [4.69, 9.17) is 0 Å². The summed E-state index contributed by atoms with van der Waals surface area (Å²) in [5.41, 5.74) is 2.60. The molecule has 0 saturated heterocycles. The van der Waals surface area contributed by atoms with Crippen LogP contribution in [0.2, 0.25) is 0 Å². The number of carbonyl (C=O) groups excluding carboxylic acids is 1. The lowest BCUT2D eigenvalue weighted by Crippen LogP contribution is -2.26. The molecular formula is C12H10NO3-. The highest BCUT2D eigenvalue weighted by molar-refractivity contribution is 5.89. The van der Waals surface area contributed by atoms with Gasteiger partial charge in [0.1, 0.15) is 0 Å². The first kappa shape index (κ1) is 10.4. The van der Waals surface area contributed by atoms with Gasteiger partial charge in [-0.15, -0.1) is 0 Å². The van der Waals surface area contributed by atoms with E-state index in [0.717, 1.165) is 16.8 Å². The molecule has 0 N–H and O–H groups in total. The van der Waals surface area contributed by atoms with Crippen LogP contribution >= 0.6 is 0 Å². The second-order valence-electron chi connectivity index (χ2n) is 3.58. The van der Waals surface area contributed by atoms with Crippen LogP contribution in [0.15, 0.2) is 24.3 Å². The lowest BCUT2D eigenvalue weighted by molar-refractivity contribution is -0.271. The predicted molar refractivity (Wildman–Crippen MR) is 57.2 cm³/mol. The summed E-state index contributed by atoms with van der Waals surface area (Å²) < 4.78 is 4.59. The topological polar surface area (TPSA) is 62.2 Å². The number of aromatic nitrogens is 1. The van der Waals surface area contributed by atoms with E-state index in [1.54, 1.807) is 18.2 Å². The van der Waals surface area contributed by atoms with E-state index in [9.17, 15) is 9.90 Å². The second kappa shape index (κ2) is 3.81. The second-order valence-corrected chi connectivity index (χ2v) is 3.58. The summed E-state index contributed by atoms with van der Waals surface area (Å²) in [6.07, 6.45) is -1.56. The van der Waals surface area contributed by atoms with Crippen LogP contribution in [0.1, 0.15) is 11.3 Å². The number of pyridine rings is 1. The Kier molecular flexibility index (Phi) is 2.48. The Morgan fingerprint density at radius 2 is 2.00 bits per heavy atom. The van der Waals surface area contributed by atoms with Crippen molar-refractivity contribution in [3.8, 4) is 5.75 Å². The van der Waals surface area contributed by atoms with Crippen molar-refractivity contribution in [2.24, 2.45) is 0 Å². The van der Waals surface area contributed by atoms with Gasteiger partial charge in [0, 0.05) is 11.1 Å². The molecule has 4 heteroatoms. The van der Waals surface area contributed by atoms with Crippen LogP contribution in [0.3, 0.4) is 0 Å². The smallest absolute Gasteiger partial charge is 0.257 e. The van der Waals surface area contributed by atoms with Crippen molar-refractivity contribution in [1.82, 2.24) is 4.98 Å². The van der Waals surface area contributed by atoms with Crippen molar-refractivity contribution in [2.45, 2.75) is 13.8 Å². The molecule has 0 atom stereocenters. The highest BCUT2D eigenvalue weighted by Gasteiger charge is 2.04. The summed E-state index contributed by atoms with van der Waals surface area (Å²) in [6, 6.07) is 6.98. The number of hydrogen-bond acceptors (Lipinski definition) is 4. The molecule has 4 nitrogen and oxygen atoms in total. The fraction of sp³-hybridized carbons (Fsp3) is 0.167. The molecule has 0 aliphatic heterocycles. The Bertz CT molecular complexity index is 563. The van der Waals surface area contributed by atoms with Gasteiger partial charge in [-0.3, -0.25) is 4.98 Å². The lowest BCUT2D eigenvalue weighted by Gasteiger charge is -2.12. The Balaban J connectivity index is 2.68. The van der Waals surface area contributed by atoms with Crippen LogP contribution in [-0.2, 0) is 0 Å². The van der Waals surface area contributed by atoms with E-state index in [0.29, 0.717) is 5.39 Å². The quantitative estimate of drug-likeness (QED) is 0.536. The number of benzene rings is 1. The van der Waals surface area contributed by atoms with Crippen molar-refractivity contribution in [1.29, 1.82) is 0 Å². The summed E-state index contributed by atoms with van der Waals surface area (Å²) in [7, 11) is 0. The molecule has 0 bridgehead atoms. The van der Waals surface area contributed by atoms with Crippen LogP contribution in [0, 0.1) is 13.8 Å².